The van der Waals surface area contributed by atoms with Crippen LogP contribution in [-0.4, -0.2) is 5.66 Å². The Balaban J connectivity index is 2.01. The van der Waals surface area contributed by atoms with Crippen molar-refractivity contribution in [3.63, 3.8) is 0 Å². The molecule has 0 saturated heterocycles. The number of hydrogen-bond acceptors (Lipinski definition) is 1. The van der Waals surface area contributed by atoms with Crippen LogP contribution in [0.15, 0.2) is 42.5 Å². The van der Waals surface area contributed by atoms with Crippen molar-refractivity contribution < 1.29 is 13.5 Å². The highest BCUT2D eigenvalue weighted by molar-refractivity contribution is 7.17. The van der Waals surface area contributed by atoms with E-state index in [1.54, 1.807) is 24.3 Å². The molecule has 0 aromatic heterocycles. The predicted octanol–water partition coefficient (Wildman–Crippen LogP) is 5.73. The van der Waals surface area contributed by atoms with Crippen LogP contribution in [0.1, 0.15) is 31.7 Å². The van der Waals surface area contributed by atoms with Crippen LogP contribution in [0.25, 0.3) is 0 Å². The molecule has 0 aliphatic rings. The van der Waals surface area contributed by atoms with Crippen LogP contribution < -0.4 is 4.74 Å². The molecule has 0 heterocycles. The number of ether oxygens (including phenoxy) is 1. The van der Waals surface area contributed by atoms with Crippen molar-refractivity contribution in [1.82, 2.24) is 0 Å². The van der Waals surface area contributed by atoms with E-state index in [9.17, 15) is 8.78 Å². The van der Waals surface area contributed by atoms with E-state index in [4.69, 9.17) is 4.74 Å². The van der Waals surface area contributed by atoms with Gasteiger partial charge >= 0.3 is 0 Å². The Bertz CT molecular complexity index is 599. The smallest absolute Gasteiger partial charge is 0.127 e. The topological polar surface area (TPSA) is 9.23 Å². The Labute approximate surface area is 132 Å². The molecule has 4 heteroatoms. The molecular weight excluding hydrogens is 301 g/mol. The fourth-order valence-corrected chi connectivity index (χ4v) is 2.44. The lowest BCUT2D eigenvalue weighted by Gasteiger charge is -2.10. The summed E-state index contributed by atoms with van der Waals surface area (Å²) in [7, 11) is 2.82. The molecule has 0 amide bonds. The molecule has 0 spiro atoms. The molecule has 118 valence electrons. The van der Waals surface area contributed by atoms with Crippen molar-refractivity contribution >= 4 is 9.24 Å². The van der Waals surface area contributed by atoms with Gasteiger partial charge in [0, 0.05) is 0 Å². The summed E-state index contributed by atoms with van der Waals surface area (Å²) in [6, 6.07) is 10.5. The lowest BCUT2D eigenvalue weighted by Crippen LogP contribution is -1.98. The summed E-state index contributed by atoms with van der Waals surface area (Å²) < 4.78 is 32.4. The summed E-state index contributed by atoms with van der Waals surface area (Å²) in [6.45, 7) is 2.15. The van der Waals surface area contributed by atoms with Gasteiger partial charge in [0.05, 0.1) is 0 Å². The highest BCUT2D eigenvalue weighted by atomic mass is 31.0. The lowest BCUT2D eigenvalue weighted by molar-refractivity contribution is 0.476. The molecule has 0 aliphatic heterocycles. The van der Waals surface area contributed by atoms with Crippen LogP contribution >= 0.6 is 9.24 Å². The van der Waals surface area contributed by atoms with Crippen LogP contribution in [0.4, 0.5) is 8.78 Å². The number of hydrogen-bond donors (Lipinski definition) is 0. The molecule has 22 heavy (non-hydrogen) atoms. The predicted molar refractivity (Wildman–Crippen MR) is 89.6 cm³/mol. The van der Waals surface area contributed by atoms with E-state index in [1.165, 1.54) is 18.2 Å². The molecule has 1 nitrogen and oxygen atoms in total. The lowest BCUT2D eigenvalue weighted by atomic mass is 10.1. The molecule has 0 fully saturated rings. The van der Waals surface area contributed by atoms with Crippen molar-refractivity contribution in [2.75, 3.05) is 0 Å². The average molecular weight is 322 g/mol. The van der Waals surface area contributed by atoms with Gasteiger partial charge in [-0.3, -0.25) is 0 Å². The van der Waals surface area contributed by atoms with Gasteiger partial charge in [0.25, 0.3) is 0 Å². The molecule has 0 aliphatic carbocycles. The average Bonchev–Trinajstić information content (AvgIpc) is 2.52. The Morgan fingerprint density at radius 3 is 2.41 bits per heavy atom. The van der Waals surface area contributed by atoms with Gasteiger partial charge in [-0.2, -0.15) is 0 Å². The summed E-state index contributed by atoms with van der Waals surface area (Å²) in [5.41, 5.74) is 1.25. The number of rotatable bonds is 7. The molecule has 2 rings (SSSR count). The normalized spacial score (nSPS) is 12.2. The van der Waals surface area contributed by atoms with Crippen molar-refractivity contribution in [2.45, 2.75) is 38.3 Å². The molecule has 0 bridgehead atoms. The van der Waals surface area contributed by atoms with Gasteiger partial charge in [0.1, 0.15) is 23.1 Å². The summed E-state index contributed by atoms with van der Waals surface area (Å²) in [4.78, 5) is 0. The zero-order valence-corrected chi connectivity index (χ0v) is 13.8. The summed E-state index contributed by atoms with van der Waals surface area (Å²) >= 11 is 0. The minimum Gasteiger partial charge on any atom is -0.457 e. The van der Waals surface area contributed by atoms with E-state index in [1.807, 2.05) is 0 Å². The Morgan fingerprint density at radius 2 is 1.73 bits per heavy atom. The van der Waals surface area contributed by atoms with Crippen molar-refractivity contribution in [3.05, 3.63) is 59.7 Å². The van der Waals surface area contributed by atoms with Gasteiger partial charge < -0.3 is 4.74 Å². The maximum absolute atomic E-state index is 13.9. The molecule has 2 atom stereocenters. The van der Waals surface area contributed by atoms with Gasteiger partial charge in [-0.05, 0) is 79.4 Å². The quantitative estimate of drug-likeness (QED) is 0.591. The second-order valence-corrected chi connectivity index (χ2v) is 6.31. The molecule has 0 saturated carbocycles. The van der Waals surface area contributed by atoms with Crippen LogP contribution in [-0.2, 0) is 6.42 Å². The van der Waals surface area contributed by atoms with Gasteiger partial charge in [0.15, 0.2) is 0 Å². The van der Waals surface area contributed by atoms with Crippen molar-refractivity contribution in [2.24, 2.45) is 0 Å². The fourth-order valence-electron chi connectivity index (χ4n) is 2.20. The highest BCUT2D eigenvalue weighted by Gasteiger charge is 2.07. The maximum atomic E-state index is 13.9. The molecule has 2 aromatic carbocycles. The van der Waals surface area contributed by atoms with Crippen LogP contribution in [0.3, 0.4) is 0 Å². The number of halogens is 2. The molecule has 2 aromatic rings. The van der Waals surface area contributed by atoms with Gasteiger partial charge in [-0.15, -0.1) is 9.24 Å². The first-order valence-corrected chi connectivity index (χ1v) is 8.22. The second kappa shape index (κ2) is 8.24. The van der Waals surface area contributed by atoms with Crippen LogP contribution in [0, 0.1) is 11.6 Å². The maximum Gasteiger partial charge on any atom is 0.127 e. The zero-order valence-electron chi connectivity index (χ0n) is 12.7. The van der Waals surface area contributed by atoms with Crippen LogP contribution in [0.5, 0.6) is 11.5 Å². The zero-order chi connectivity index (χ0) is 15.9. The number of aryl methyl sites for hydroxylation is 1. The highest BCUT2D eigenvalue weighted by Crippen LogP contribution is 2.25. The van der Waals surface area contributed by atoms with Gasteiger partial charge in [0.2, 0.25) is 0 Å². The van der Waals surface area contributed by atoms with E-state index in [0.717, 1.165) is 19.3 Å². The first-order chi connectivity index (χ1) is 10.6. The van der Waals surface area contributed by atoms with E-state index >= 15 is 0 Å². The minimum atomic E-state index is -0.310. The summed E-state index contributed by atoms with van der Waals surface area (Å²) in [5, 5.41) is 0. The Morgan fingerprint density at radius 1 is 1.05 bits per heavy atom. The van der Waals surface area contributed by atoms with E-state index in [0.29, 0.717) is 29.1 Å². The monoisotopic (exact) mass is 322 g/mol. The molecule has 0 N–H and O–H groups in total. The molecular formula is C18H21F2OP. The Kier molecular flexibility index (Phi) is 6.33. The van der Waals surface area contributed by atoms with Gasteiger partial charge in [-0.25, -0.2) is 8.78 Å². The van der Waals surface area contributed by atoms with Crippen molar-refractivity contribution in [1.29, 1.82) is 0 Å². The van der Waals surface area contributed by atoms with Crippen molar-refractivity contribution in [3.8, 4) is 11.5 Å². The first-order valence-electron chi connectivity index (χ1n) is 7.56. The van der Waals surface area contributed by atoms with Gasteiger partial charge in [-0.1, -0.05) is 6.92 Å². The largest absolute Gasteiger partial charge is 0.457 e. The summed E-state index contributed by atoms with van der Waals surface area (Å²) in [6.07, 6.45) is 3.81. The third-order valence-corrected chi connectivity index (χ3v) is 4.42. The van der Waals surface area contributed by atoms with E-state index in [2.05, 4.69) is 16.2 Å². The van der Waals surface area contributed by atoms with E-state index in [-0.39, 0.29) is 11.6 Å². The minimum absolute atomic E-state index is 0.205. The standard InChI is InChI=1S/C18H21F2OP/c1-2-17(22)5-3-4-13-12-16(10-11-18(13)20)21-15-8-6-14(19)7-9-15/h6-12,17H,2-5,22H2,1H3. The van der Waals surface area contributed by atoms with Crippen LogP contribution in [0.2, 0.25) is 0 Å². The SMILES string of the molecule is CCC(P)CCCc1cc(Oc2ccc(F)cc2)ccc1F. The molecule has 0 radical (unpaired) electrons. The fraction of sp³-hybridized carbons (Fsp3) is 0.333. The Hall–Kier alpha value is -1.47. The number of benzene rings is 2. The second-order valence-electron chi connectivity index (χ2n) is 5.37. The first kappa shape index (κ1) is 16.9. The van der Waals surface area contributed by atoms with E-state index < -0.39 is 0 Å². The molecule has 2 unspecified atom stereocenters. The third kappa shape index (κ3) is 5.06. The summed E-state index contributed by atoms with van der Waals surface area (Å²) in [5.74, 6) is 0.592. The third-order valence-electron chi connectivity index (χ3n) is 3.61.